The van der Waals surface area contributed by atoms with Gasteiger partial charge in [0.15, 0.2) is 0 Å². The van der Waals surface area contributed by atoms with Crippen LogP contribution in [0.3, 0.4) is 0 Å². The quantitative estimate of drug-likeness (QED) is 0.506. The van der Waals surface area contributed by atoms with E-state index in [2.05, 4.69) is 4.98 Å². The number of carbonyl (C=O) groups is 1. The number of rotatable bonds is 7. The molecular formula is C19H22N2O6S. The van der Waals surface area contributed by atoms with Gasteiger partial charge < -0.3 is 9.47 Å². The minimum absolute atomic E-state index is 0.0358. The molecule has 1 aliphatic rings. The maximum absolute atomic E-state index is 12.6. The first-order valence-corrected chi connectivity index (χ1v) is 10.1. The molecule has 0 N–H and O–H groups in total. The van der Waals surface area contributed by atoms with Crippen molar-refractivity contribution in [1.82, 2.24) is 9.88 Å². The first-order valence-electron chi connectivity index (χ1n) is 8.71. The molecule has 2 aromatic rings. The Balaban J connectivity index is 1.74. The molecule has 1 fully saturated rings. The van der Waals surface area contributed by atoms with Gasteiger partial charge in [-0.2, -0.15) is 8.42 Å². The van der Waals surface area contributed by atoms with Crippen LogP contribution in [0.1, 0.15) is 12.0 Å². The van der Waals surface area contributed by atoms with Crippen LogP contribution in [0.25, 0.3) is 0 Å². The predicted octanol–water partition coefficient (Wildman–Crippen LogP) is 1.61. The van der Waals surface area contributed by atoms with E-state index < -0.39 is 28.2 Å². The van der Waals surface area contributed by atoms with Gasteiger partial charge in [-0.3, -0.25) is 18.9 Å². The second-order valence-electron chi connectivity index (χ2n) is 6.41. The summed E-state index contributed by atoms with van der Waals surface area (Å²) in [6.45, 7) is 0.722. The Kier molecular flexibility index (Phi) is 6.28. The molecule has 0 amide bonds. The zero-order chi connectivity index (χ0) is 20.1. The number of carbonyl (C=O) groups excluding carboxylic acids is 1. The molecule has 2 heterocycles. The summed E-state index contributed by atoms with van der Waals surface area (Å²) >= 11 is 0. The van der Waals surface area contributed by atoms with Crippen LogP contribution in [-0.4, -0.2) is 57.2 Å². The third kappa shape index (κ3) is 4.67. The van der Waals surface area contributed by atoms with Gasteiger partial charge in [0.1, 0.15) is 11.8 Å². The summed E-state index contributed by atoms with van der Waals surface area (Å²) in [5.74, 6) is 0.130. The number of benzene rings is 1. The number of ether oxygens (including phenoxy) is 2. The van der Waals surface area contributed by atoms with Crippen molar-refractivity contribution in [2.24, 2.45) is 0 Å². The average molecular weight is 406 g/mol. The standard InChI is InChI=1S/C19H22N2O6S/c1-25-15-5-7-17(8-6-15)28(23,24)27-16-10-18(19(22)26-2)21(13-16)12-14-4-3-9-20-11-14/h3-9,11,16,18H,10,12-13H2,1-2H3/t16-,18-/m0/s1. The summed E-state index contributed by atoms with van der Waals surface area (Å²) in [4.78, 5) is 18.1. The highest BCUT2D eigenvalue weighted by Gasteiger charge is 2.40. The number of hydrogen-bond donors (Lipinski definition) is 0. The highest BCUT2D eigenvalue weighted by molar-refractivity contribution is 7.86. The Morgan fingerprint density at radius 3 is 2.57 bits per heavy atom. The van der Waals surface area contributed by atoms with Crippen LogP contribution in [-0.2, 0) is 30.4 Å². The Hall–Kier alpha value is -2.49. The SMILES string of the molecule is COC(=O)[C@@H]1C[C@H](OS(=O)(=O)c2ccc(OC)cc2)CN1Cc1cccnc1. The highest BCUT2D eigenvalue weighted by atomic mass is 32.2. The molecule has 1 aromatic carbocycles. The van der Waals surface area contributed by atoms with Gasteiger partial charge >= 0.3 is 5.97 Å². The van der Waals surface area contributed by atoms with Crippen LogP contribution >= 0.6 is 0 Å². The molecule has 8 nitrogen and oxygen atoms in total. The van der Waals surface area contributed by atoms with Gasteiger partial charge in [0.2, 0.25) is 0 Å². The van der Waals surface area contributed by atoms with Gasteiger partial charge in [-0.15, -0.1) is 0 Å². The van der Waals surface area contributed by atoms with Crippen molar-refractivity contribution in [1.29, 1.82) is 0 Å². The molecule has 3 rings (SSSR count). The predicted molar refractivity (Wildman–Crippen MR) is 100 cm³/mol. The van der Waals surface area contributed by atoms with Gasteiger partial charge in [0, 0.05) is 31.9 Å². The minimum atomic E-state index is -3.97. The van der Waals surface area contributed by atoms with Crippen molar-refractivity contribution in [3.05, 3.63) is 54.4 Å². The Morgan fingerprint density at radius 1 is 1.21 bits per heavy atom. The van der Waals surface area contributed by atoms with Crippen LogP contribution < -0.4 is 4.74 Å². The summed E-state index contributed by atoms with van der Waals surface area (Å²) in [7, 11) is -1.15. The lowest BCUT2D eigenvalue weighted by Crippen LogP contribution is -2.36. The highest BCUT2D eigenvalue weighted by Crippen LogP contribution is 2.27. The third-order valence-corrected chi connectivity index (χ3v) is 5.93. The lowest BCUT2D eigenvalue weighted by Gasteiger charge is -2.21. The minimum Gasteiger partial charge on any atom is -0.497 e. The molecule has 0 aliphatic carbocycles. The van der Waals surface area contributed by atoms with Crippen molar-refractivity contribution in [2.75, 3.05) is 20.8 Å². The van der Waals surface area contributed by atoms with Crippen LogP contribution in [0.2, 0.25) is 0 Å². The summed E-state index contributed by atoms with van der Waals surface area (Å²) in [6.07, 6.45) is 2.94. The number of aromatic nitrogens is 1. The van der Waals surface area contributed by atoms with Crippen molar-refractivity contribution < 1.29 is 26.9 Å². The summed E-state index contributed by atoms with van der Waals surface area (Å²) in [5.41, 5.74) is 0.912. The zero-order valence-electron chi connectivity index (χ0n) is 15.6. The van der Waals surface area contributed by atoms with E-state index in [0.29, 0.717) is 12.3 Å². The molecule has 0 radical (unpaired) electrons. The van der Waals surface area contributed by atoms with Crippen molar-refractivity contribution in [3.8, 4) is 5.75 Å². The molecule has 150 valence electrons. The van der Waals surface area contributed by atoms with Crippen molar-refractivity contribution in [2.45, 2.75) is 30.0 Å². The fourth-order valence-corrected chi connectivity index (χ4v) is 4.27. The van der Waals surface area contributed by atoms with Gasteiger partial charge in [-0.25, -0.2) is 0 Å². The summed E-state index contributed by atoms with van der Waals surface area (Å²) in [5, 5.41) is 0. The van der Waals surface area contributed by atoms with E-state index in [1.807, 2.05) is 11.0 Å². The number of nitrogens with zero attached hydrogens (tertiary/aromatic N) is 2. The molecule has 1 saturated heterocycles. The van der Waals surface area contributed by atoms with E-state index in [9.17, 15) is 13.2 Å². The van der Waals surface area contributed by atoms with Crippen molar-refractivity contribution in [3.63, 3.8) is 0 Å². The van der Waals surface area contributed by atoms with Crippen LogP contribution in [0.4, 0.5) is 0 Å². The van der Waals surface area contributed by atoms with Crippen LogP contribution in [0.15, 0.2) is 53.7 Å². The fourth-order valence-electron chi connectivity index (χ4n) is 3.19. The monoisotopic (exact) mass is 406 g/mol. The van der Waals surface area contributed by atoms with E-state index in [-0.39, 0.29) is 17.9 Å². The normalized spacial score (nSPS) is 20.1. The lowest BCUT2D eigenvalue weighted by atomic mass is 10.2. The molecule has 0 spiro atoms. The number of methoxy groups -OCH3 is 2. The van der Waals surface area contributed by atoms with Gasteiger partial charge in [0.25, 0.3) is 10.1 Å². The lowest BCUT2D eigenvalue weighted by molar-refractivity contribution is -0.146. The molecule has 2 atom stereocenters. The van der Waals surface area contributed by atoms with E-state index in [4.69, 9.17) is 13.7 Å². The summed E-state index contributed by atoms with van der Waals surface area (Å²) < 4.78 is 40.5. The topological polar surface area (TPSA) is 95.0 Å². The Morgan fingerprint density at radius 2 is 1.96 bits per heavy atom. The summed E-state index contributed by atoms with van der Waals surface area (Å²) in [6, 6.07) is 9.07. The smallest absolute Gasteiger partial charge is 0.323 e. The van der Waals surface area contributed by atoms with E-state index >= 15 is 0 Å². The Bertz CT molecular complexity index is 902. The molecule has 0 saturated carbocycles. The zero-order valence-corrected chi connectivity index (χ0v) is 16.5. The number of pyridine rings is 1. The maximum atomic E-state index is 12.6. The van der Waals surface area contributed by atoms with Crippen LogP contribution in [0.5, 0.6) is 5.75 Å². The average Bonchev–Trinajstić information content (AvgIpc) is 3.09. The van der Waals surface area contributed by atoms with E-state index in [1.54, 1.807) is 30.6 Å². The van der Waals surface area contributed by atoms with Crippen molar-refractivity contribution >= 4 is 16.1 Å². The molecule has 1 aliphatic heterocycles. The molecule has 28 heavy (non-hydrogen) atoms. The van der Waals surface area contributed by atoms with Gasteiger partial charge in [-0.1, -0.05) is 6.07 Å². The largest absolute Gasteiger partial charge is 0.497 e. The molecular weight excluding hydrogens is 384 g/mol. The fraction of sp³-hybridized carbons (Fsp3) is 0.368. The Labute approximate surface area is 164 Å². The van der Waals surface area contributed by atoms with Gasteiger partial charge in [-0.05, 0) is 35.9 Å². The van der Waals surface area contributed by atoms with Crippen LogP contribution in [0, 0.1) is 0 Å². The number of hydrogen-bond acceptors (Lipinski definition) is 8. The molecule has 0 unspecified atom stereocenters. The first kappa shape index (κ1) is 20.2. The number of esters is 1. The number of likely N-dealkylation sites (tertiary alicyclic amines) is 1. The first-order chi connectivity index (χ1) is 13.4. The van der Waals surface area contributed by atoms with E-state index in [0.717, 1.165) is 5.56 Å². The molecule has 1 aromatic heterocycles. The molecule has 9 heteroatoms. The second-order valence-corrected chi connectivity index (χ2v) is 7.99. The third-order valence-electron chi connectivity index (χ3n) is 4.56. The van der Waals surface area contributed by atoms with Gasteiger partial charge in [0.05, 0.1) is 25.2 Å². The second kappa shape index (κ2) is 8.68. The van der Waals surface area contributed by atoms with E-state index in [1.165, 1.54) is 26.4 Å². The maximum Gasteiger partial charge on any atom is 0.323 e. The molecule has 0 bridgehead atoms.